The first-order chi connectivity index (χ1) is 12.6. The van der Waals surface area contributed by atoms with E-state index in [-0.39, 0.29) is 12.2 Å². The third-order valence-electron chi connectivity index (χ3n) is 4.65. The molecule has 0 N–H and O–H groups in total. The smallest absolute Gasteiger partial charge is 0.343 e. The minimum absolute atomic E-state index is 0.0508. The zero-order valence-electron chi connectivity index (χ0n) is 13.9. The molecular weight excluding hydrogens is 339 g/mol. The van der Waals surface area contributed by atoms with Gasteiger partial charge in [-0.1, -0.05) is 24.3 Å². The number of esters is 1. The molecule has 0 fully saturated rings. The highest BCUT2D eigenvalue weighted by Gasteiger charge is 2.41. The van der Waals surface area contributed by atoms with Gasteiger partial charge in [-0.05, 0) is 29.8 Å². The number of benzene rings is 2. The highest BCUT2D eigenvalue weighted by atomic mass is 19.1. The summed E-state index contributed by atoms with van der Waals surface area (Å²) in [4.78, 5) is 25.0. The minimum Gasteiger partial charge on any atom is -0.491 e. The number of hydrogen-bond donors (Lipinski definition) is 0. The maximum atomic E-state index is 13.4. The molecule has 1 aliphatic heterocycles. The van der Waals surface area contributed by atoms with E-state index >= 15 is 0 Å². The van der Waals surface area contributed by atoms with E-state index < -0.39 is 29.2 Å². The van der Waals surface area contributed by atoms with Crippen molar-refractivity contribution in [2.75, 3.05) is 13.7 Å². The molecule has 2 atom stereocenters. The van der Waals surface area contributed by atoms with Gasteiger partial charge in [-0.15, -0.1) is 0 Å². The fourth-order valence-corrected chi connectivity index (χ4v) is 3.45. The molecule has 6 heteroatoms. The maximum absolute atomic E-state index is 13.4. The van der Waals surface area contributed by atoms with Crippen molar-refractivity contribution in [3.05, 3.63) is 75.9 Å². The topological polar surface area (TPSA) is 65.7 Å². The van der Waals surface area contributed by atoms with E-state index in [1.54, 1.807) is 30.3 Å². The molecule has 0 spiro atoms. The number of carbonyl (C=O) groups excluding carboxylic acids is 1. The summed E-state index contributed by atoms with van der Waals surface area (Å²) in [7, 11) is 1.28. The summed E-state index contributed by atoms with van der Waals surface area (Å²) in [5.41, 5.74) is 0.693. The standard InChI is InChI=1S/C20H15FO5/c1-24-19(22)14-10-25-18-13-4-2-3-5-15(13)26-20(23)17(18)16(14)11-6-8-12(21)9-7-11/h2-9,14,16H,10H2,1H3/t14-,16+/m1/s1. The Morgan fingerprint density at radius 1 is 1.15 bits per heavy atom. The van der Waals surface area contributed by atoms with E-state index in [9.17, 15) is 14.0 Å². The number of halogens is 1. The van der Waals surface area contributed by atoms with Crippen LogP contribution in [0, 0.1) is 11.7 Å². The van der Waals surface area contributed by atoms with Gasteiger partial charge in [0.1, 0.15) is 29.7 Å². The molecule has 0 bridgehead atoms. The van der Waals surface area contributed by atoms with Crippen LogP contribution in [0.25, 0.3) is 11.0 Å². The van der Waals surface area contributed by atoms with Gasteiger partial charge in [0.05, 0.1) is 18.1 Å². The second-order valence-electron chi connectivity index (χ2n) is 6.10. The maximum Gasteiger partial charge on any atom is 0.343 e. The Labute approximate surface area is 148 Å². The molecule has 0 amide bonds. The molecule has 0 saturated carbocycles. The molecule has 4 rings (SSSR count). The lowest BCUT2D eigenvalue weighted by atomic mass is 9.79. The van der Waals surface area contributed by atoms with E-state index in [4.69, 9.17) is 13.9 Å². The summed E-state index contributed by atoms with van der Waals surface area (Å²) in [6, 6.07) is 12.7. The van der Waals surface area contributed by atoms with E-state index in [0.717, 1.165) is 0 Å². The summed E-state index contributed by atoms with van der Waals surface area (Å²) >= 11 is 0. The van der Waals surface area contributed by atoms with Crippen LogP contribution < -0.4 is 10.4 Å². The van der Waals surface area contributed by atoms with Gasteiger partial charge in [0.25, 0.3) is 0 Å². The third-order valence-corrected chi connectivity index (χ3v) is 4.65. The van der Waals surface area contributed by atoms with Crippen molar-refractivity contribution < 1.29 is 23.1 Å². The van der Waals surface area contributed by atoms with Crippen LogP contribution in [-0.2, 0) is 9.53 Å². The van der Waals surface area contributed by atoms with Gasteiger partial charge in [-0.3, -0.25) is 4.79 Å². The molecule has 1 aromatic heterocycles. The van der Waals surface area contributed by atoms with Crippen molar-refractivity contribution >= 4 is 16.9 Å². The van der Waals surface area contributed by atoms with Crippen LogP contribution in [0.15, 0.2) is 57.7 Å². The molecule has 3 aromatic rings. The summed E-state index contributed by atoms with van der Waals surface area (Å²) in [5.74, 6) is -1.89. The van der Waals surface area contributed by atoms with Crippen LogP contribution in [0.3, 0.4) is 0 Å². The summed E-state index contributed by atoms with van der Waals surface area (Å²) < 4.78 is 29.5. The molecule has 2 heterocycles. The number of rotatable bonds is 2. The molecule has 0 radical (unpaired) electrons. The van der Waals surface area contributed by atoms with Gasteiger partial charge in [-0.25, -0.2) is 9.18 Å². The van der Waals surface area contributed by atoms with Crippen LogP contribution in [0.1, 0.15) is 17.0 Å². The number of fused-ring (bicyclic) bond motifs is 3. The van der Waals surface area contributed by atoms with Crippen molar-refractivity contribution in [2.24, 2.45) is 5.92 Å². The average Bonchev–Trinajstić information content (AvgIpc) is 2.67. The molecule has 2 aromatic carbocycles. The average molecular weight is 354 g/mol. The Bertz CT molecular complexity index is 1040. The molecule has 0 unspecified atom stereocenters. The van der Waals surface area contributed by atoms with Crippen LogP contribution in [0.2, 0.25) is 0 Å². The summed E-state index contributed by atoms with van der Waals surface area (Å²) in [6.07, 6.45) is 0. The van der Waals surface area contributed by atoms with Gasteiger partial charge in [0, 0.05) is 5.92 Å². The summed E-state index contributed by atoms with van der Waals surface area (Å²) in [6.45, 7) is 0.0508. The lowest BCUT2D eigenvalue weighted by Gasteiger charge is -2.31. The summed E-state index contributed by atoms with van der Waals surface area (Å²) in [5, 5.41) is 0.650. The SMILES string of the molecule is COC(=O)[C@@H]1COc2c(c(=O)oc3ccccc23)[C@H]1c1ccc(F)cc1. The van der Waals surface area contributed by atoms with Gasteiger partial charge in [0.15, 0.2) is 0 Å². The van der Waals surface area contributed by atoms with E-state index in [1.165, 1.54) is 19.2 Å². The molecule has 1 aliphatic rings. The first-order valence-electron chi connectivity index (χ1n) is 8.12. The number of hydrogen-bond acceptors (Lipinski definition) is 5. The Kier molecular flexibility index (Phi) is 3.95. The zero-order valence-corrected chi connectivity index (χ0v) is 13.9. The zero-order chi connectivity index (χ0) is 18.3. The largest absolute Gasteiger partial charge is 0.491 e. The lowest BCUT2D eigenvalue weighted by Crippen LogP contribution is -2.36. The Morgan fingerprint density at radius 3 is 2.62 bits per heavy atom. The number of methoxy groups -OCH3 is 1. The first kappa shape index (κ1) is 16.3. The van der Waals surface area contributed by atoms with Crippen molar-refractivity contribution in [1.29, 1.82) is 0 Å². The van der Waals surface area contributed by atoms with Crippen LogP contribution >= 0.6 is 0 Å². The fraction of sp³-hybridized carbons (Fsp3) is 0.200. The van der Waals surface area contributed by atoms with Crippen molar-refractivity contribution in [3.8, 4) is 5.75 Å². The Hall–Kier alpha value is -3.15. The quantitative estimate of drug-likeness (QED) is 0.522. The van der Waals surface area contributed by atoms with Crippen LogP contribution in [0.4, 0.5) is 4.39 Å². The molecule has 0 aliphatic carbocycles. The van der Waals surface area contributed by atoms with Gasteiger partial charge in [-0.2, -0.15) is 0 Å². The lowest BCUT2D eigenvalue weighted by molar-refractivity contribution is -0.147. The second kappa shape index (κ2) is 6.29. The Morgan fingerprint density at radius 2 is 1.88 bits per heavy atom. The normalized spacial score (nSPS) is 18.8. The number of carbonyl (C=O) groups is 1. The van der Waals surface area contributed by atoms with E-state index in [1.807, 2.05) is 6.07 Å². The predicted octanol–water partition coefficient (Wildman–Crippen LogP) is 3.25. The van der Waals surface area contributed by atoms with Gasteiger partial charge >= 0.3 is 11.6 Å². The van der Waals surface area contributed by atoms with Crippen molar-refractivity contribution in [3.63, 3.8) is 0 Å². The molecular formula is C20H15FO5. The van der Waals surface area contributed by atoms with Crippen LogP contribution in [-0.4, -0.2) is 19.7 Å². The molecule has 0 saturated heterocycles. The minimum atomic E-state index is -0.734. The molecule has 5 nitrogen and oxygen atoms in total. The van der Waals surface area contributed by atoms with Crippen LogP contribution in [0.5, 0.6) is 5.75 Å². The van der Waals surface area contributed by atoms with Gasteiger partial charge < -0.3 is 13.9 Å². The van der Waals surface area contributed by atoms with Crippen molar-refractivity contribution in [2.45, 2.75) is 5.92 Å². The second-order valence-corrected chi connectivity index (χ2v) is 6.10. The highest BCUT2D eigenvalue weighted by Crippen LogP contribution is 2.43. The highest BCUT2D eigenvalue weighted by molar-refractivity contribution is 5.86. The van der Waals surface area contributed by atoms with Crippen molar-refractivity contribution in [1.82, 2.24) is 0 Å². The first-order valence-corrected chi connectivity index (χ1v) is 8.12. The number of para-hydroxylation sites is 1. The Balaban J connectivity index is 1.99. The van der Waals surface area contributed by atoms with E-state index in [0.29, 0.717) is 22.3 Å². The third kappa shape index (κ3) is 2.54. The van der Waals surface area contributed by atoms with Gasteiger partial charge in [0.2, 0.25) is 0 Å². The monoisotopic (exact) mass is 354 g/mol. The van der Waals surface area contributed by atoms with E-state index in [2.05, 4.69) is 0 Å². The molecule has 132 valence electrons. The molecule has 26 heavy (non-hydrogen) atoms. The fourth-order valence-electron chi connectivity index (χ4n) is 3.45. The number of ether oxygens (including phenoxy) is 2. The predicted molar refractivity (Wildman–Crippen MR) is 91.7 cm³/mol.